The molecule has 0 unspecified atom stereocenters. The summed E-state index contributed by atoms with van der Waals surface area (Å²) in [4.78, 5) is 26.0. The summed E-state index contributed by atoms with van der Waals surface area (Å²) in [6, 6.07) is 10.5. The van der Waals surface area contributed by atoms with E-state index in [9.17, 15) is 9.59 Å². The summed E-state index contributed by atoms with van der Waals surface area (Å²) in [5.74, 6) is 0.0922. The van der Waals surface area contributed by atoms with Gasteiger partial charge in [-0.3, -0.25) is 4.79 Å². The molecule has 0 fully saturated rings. The summed E-state index contributed by atoms with van der Waals surface area (Å²) >= 11 is 0. The number of ether oxygens (including phenoxy) is 2. The highest BCUT2D eigenvalue weighted by Gasteiger charge is 2.27. The molecule has 2 aliphatic heterocycles. The summed E-state index contributed by atoms with van der Waals surface area (Å²) in [5.41, 5.74) is 2.76. The summed E-state index contributed by atoms with van der Waals surface area (Å²) in [7, 11) is 0. The van der Waals surface area contributed by atoms with Gasteiger partial charge >= 0.3 is 5.97 Å². The lowest BCUT2D eigenvalue weighted by Crippen LogP contribution is -2.36. The van der Waals surface area contributed by atoms with E-state index in [0.717, 1.165) is 17.5 Å². The van der Waals surface area contributed by atoms with Crippen molar-refractivity contribution < 1.29 is 24.2 Å². The van der Waals surface area contributed by atoms with Crippen molar-refractivity contribution in [2.24, 2.45) is 0 Å². The van der Waals surface area contributed by atoms with Crippen LogP contribution in [0.3, 0.4) is 0 Å². The Kier molecular flexibility index (Phi) is 4.24. The van der Waals surface area contributed by atoms with Crippen LogP contribution in [0.4, 0.5) is 0 Å². The SMILES string of the molecule is O=C(O)c1ccc2c(c1)CCN(C(=O)c1cccc3c1OCCCO3)C2. The summed E-state index contributed by atoms with van der Waals surface area (Å²) in [6.07, 6.45) is 1.42. The molecule has 2 heterocycles. The molecule has 0 spiro atoms. The first-order valence-corrected chi connectivity index (χ1v) is 8.66. The van der Waals surface area contributed by atoms with E-state index in [1.54, 1.807) is 35.2 Å². The van der Waals surface area contributed by atoms with E-state index < -0.39 is 5.97 Å². The van der Waals surface area contributed by atoms with Crippen molar-refractivity contribution >= 4 is 11.9 Å². The molecule has 0 aliphatic carbocycles. The smallest absolute Gasteiger partial charge is 0.335 e. The van der Waals surface area contributed by atoms with Gasteiger partial charge < -0.3 is 19.5 Å². The number of hydrogen-bond donors (Lipinski definition) is 1. The van der Waals surface area contributed by atoms with Gasteiger partial charge in [-0.15, -0.1) is 0 Å². The molecule has 0 atom stereocenters. The van der Waals surface area contributed by atoms with Gasteiger partial charge in [0.1, 0.15) is 0 Å². The van der Waals surface area contributed by atoms with Crippen LogP contribution in [0.2, 0.25) is 0 Å². The lowest BCUT2D eigenvalue weighted by molar-refractivity contribution is 0.0691. The second kappa shape index (κ2) is 6.71. The number of amides is 1. The quantitative estimate of drug-likeness (QED) is 0.898. The monoisotopic (exact) mass is 353 g/mol. The average molecular weight is 353 g/mol. The Balaban J connectivity index is 1.60. The van der Waals surface area contributed by atoms with Crippen LogP contribution in [-0.2, 0) is 13.0 Å². The fraction of sp³-hybridized carbons (Fsp3) is 0.300. The van der Waals surface area contributed by atoms with Gasteiger partial charge in [-0.2, -0.15) is 0 Å². The average Bonchev–Trinajstić information content (AvgIpc) is 2.92. The number of carbonyl (C=O) groups excluding carboxylic acids is 1. The first-order chi connectivity index (χ1) is 12.6. The Bertz CT molecular complexity index is 877. The van der Waals surface area contributed by atoms with Gasteiger partial charge in [-0.1, -0.05) is 12.1 Å². The fourth-order valence-electron chi connectivity index (χ4n) is 3.39. The summed E-state index contributed by atoms with van der Waals surface area (Å²) in [6.45, 7) is 2.10. The van der Waals surface area contributed by atoms with E-state index in [1.165, 1.54) is 0 Å². The maximum absolute atomic E-state index is 13.1. The highest BCUT2D eigenvalue weighted by atomic mass is 16.5. The second-order valence-electron chi connectivity index (χ2n) is 6.45. The number of aromatic carboxylic acids is 1. The zero-order chi connectivity index (χ0) is 18.1. The fourth-order valence-corrected chi connectivity index (χ4v) is 3.39. The Morgan fingerprint density at radius 1 is 1.04 bits per heavy atom. The maximum atomic E-state index is 13.1. The van der Waals surface area contributed by atoms with Gasteiger partial charge in [0.05, 0.1) is 24.3 Å². The van der Waals surface area contributed by atoms with Crippen molar-refractivity contribution in [2.45, 2.75) is 19.4 Å². The van der Waals surface area contributed by atoms with Crippen molar-refractivity contribution in [2.75, 3.05) is 19.8 Å². The standard InChI is InChI=1S/C20H19NO5/c22-19(16-3-1-4-17-18(16)26-10-2-9-25-17)21-8-7-13-11-14(20(23)24)5-6-15(13)12-21/h1,3-6,11H,2,7-10,12H2,(H,23,24). The number of para-hydroxylation sites is 1. The first-order valence-electron chi connectivity index (χ1n) is 8.66. The highest BCUT2D eigenvalue weighted by molar-refractivity contribution is 5.98. The molecule has 0 saturated carbocycles. The van der Waals surface area contributed by atoms with Gasteiger partial charge in [0, 0.05) is 19.5 Å². The Morgan fingerprint density at radius 2 is 1.88 bits per heavy atom. The molecule has 0 aromatic heterocycles. The number of benzene rings is 2. The number of nitrogens with zero attached hydrogens (tertiary/aromatic N) is 1. The third kappa shape index (κ3) is 2.98. The molecule has 0 saturated heterocycles. The van der Waals surface area contributed by atoms with Crippen molar-refractivity contribution in [1.29, 1.82) is 0 Å². The van der Waals surface area contributed by atoms with Crippen LogP contribution in [0.5, 0.6) is 11.5 Å². The molecule has 1 amide bonds. The zero-order valence-electron chi connectivity index (χ0n) is 14.2. The second-order valence-corrected chi connectivity index (χ2v) is 6.45. The topological polar surface area (TPSA) is 76.1 Å². The van der Waals surface area contributed by atoms with Gasteiger partial charge in [0.25, 0.3) is 5.91 Å². The van der Waals surface area contributed by atoms with E-state index in [2.05, 4.69) is 0 Å². The summed E-state index contributed by atoms with van der Waals surface area (Å²) in [5, 5.41) is 9.12. The van der Waals surface area contributed by atoms with Crippen LogP contribution < -0.4 is 9.47 Å². The van der Waals surface area contributed by atoms with Crippen molar-refractivity contribution in [1.82, 2.24) is 4.90 Å². The van der Waals surface area contributed by atoms with Crippen LogP contribution >= 0.6 is 0 Å². The van der Waals surface area contributed by atoms with Gasteiger partial charge in [-0.25, -0.2) is 4.79 Å². The molecule has 0 radical (unpaired) electrons. The number of rotatable bonds is 2. The minimum absolute atomic E-state index is 0.0969. The van der Waals surface area contributed by atoms with E-state index >= 15 is 0 Å². The number of fused-ring (bicyclic) bond motifs is 2. The molecule has 1 N–H and O–H groups in total. The Labute approximate surface area is 151 Å². The third-order valence-electron chi connectivity index (χ3n) is 4.75. The zero-order valence-corrected chi connectivity index (χ0v) is 14.2. The van der Waals surface area contributed by atoms with Crippen molar-refractivity contribution in [3.8, 4) is 11.5 Å². The van der Waals surface area contributed by atoms with Crippen LogP contribution in [0.1, 0.15) is 38.3 Å². The molecule has 6 heteroatoms. The summed E-state index contributed by atoms with van der Waals surface area (Å²) < 4.78 is 11.4. The number of carboxylic acids is 1. The predicted molar refractivity (Wildman–Crippen MR) is 93.9 cm³/mol. The van der Waals surface area contributed by atoms with Gasteiger partial charge in [0.15, 0.2) is 11.5 Å². The number of carboxylic acid groups (broad SMARTS) is 1. The molecule has 6 nitrogen and oxygen atoms in total. The van der Waals surface area contributed by atoms with E-state index in [0.29, 0.717) is 49.8 Å². The molecular weight excluding hydrogens is 334 g/mol. The lowest BCUT2D eigenvalue weighted by Gasteiger charge is -2.29. The third-order valence-corrected chi connectivity index (χ3v) is 4.75. The van der Waals surface area contributed by atoms with Crippen molar-refractivity contribution in [3.05, 3.63) is 58.7 Å². The maximum Gasteiger partial charge on any atom is 0.335 e. The molecule has 2 aliphatic rings. The number of carbonyl (C=O) groups is 2. The molecular formula is C20H19NO5. The molecule has 2 aromatic rings. The Morgan fingerprint density at radius 3 is 2.73 bits per heavy atom. The largest absolute Gasteiger partial charge is 0.490 e. The van der Waals surface area contributed by atoms with Crippen LogP contribution in [0.15, 0.2) is 36.4 Å². The first kappa shape index (κ1) is 16.4. The molecule has 0 bridgehead atoms. The van der Waals surface area contributed by atoms with E-state index in [-0.39, 0.29) is 11.5 Å². The van der Waals surface area contributed by atoms with E-state index in [1.807, 2.05) is 6.07 Å². The van der Waals surface area contributed by atoms with Crippen LogP contribution in [0.25, 0.3) is 0 Å². The normalized spacial score (nSPS) is 15.8. The molecule has 4 rings (SSSR count). The van der Waals surface area contributed by atoms with Crippen molar-refractivity contribution in [3.63, 3.8) is 0 Å². The van der Waals surface area contributed by atoms with Gasteiger partial charge in [0.2, 0.25) is 0 Å². The number of hydrogen-bond acceptors (Lipinski definition) is 4. The minimum atomic E-state index is -0.935. The Hall–Kier alpha value is -3.02. The predicted octanol–water partition coefficient (Wildman–Crippen LogP) is 2.74. The highest BCUT2D eigenvalue weighted by Crippen LogP contribution is 2.34. The van der Waals surface area contributed by atoms with E-state index in [4.69, 9.17) is 14.6 Å². The molecule has 2 aromatic carbocycles. The molecule has 26 heavy (non-hydrogen) atoms. The van der Waals surface area contributed by atoms with Crippen LogP contribution in [0, 0.1) is 0 Å². The lowest BCUT2D eigenvalue weighted by atomic mass is 9.96. The minimum Gasteiger partial charge on any atom is -0.490 e. The van der Waals surface area contributed by atoms with Crippen LogP contribution in [-0.4, -0.2) is 41.6 Å². The molecule has 134 valence electrons. The van der Waals surface area contributed by atoms with Gasteiger partial charge in [-0.05, 0) is 41.8 Å².